The zero-order chi connectivity index (χ0) is 19.9. The fraction of sp³-hybridized carbons (Fsp3) is 0.524. The number of ketones is 1. The largest absolute Gasteiger partial charge is 0.369 e. The Bertz CT molecular complexity index is 955. The van der Waals surface area contributed by atoms with Gasteiger partial charge in [0.2, 0.25) is 0 Å². The van der Waals surface area contributed by atoms with E-state index in [1.807, 2.05) is 6.07 Å². The van der Waals surface area contributed by atoms with Crippen molar-refractivity contribution < 1.29 is 13.6 Å². The van der Waals surface area contributed by atoms with E-state index >= 15 is 0 Å². The molecule has 3 atom stereocenters. The molecular formula is C21H22F2N4O. The van der Waals surface area contributed by atoms with Crippen LogP contribution in [0, 0.1) is 29.1 Å². The number of alkyl halides is 2. The molecule has 0 radical (unpaired) electrons. The molecule has 7 heteroatoms. The van der Waals surface area contributed by atoms with Gasteiger partial charge in [-0.1, -0.05) is 6.92 Å². The minimum atomic E-state index is -2.64. The number of nitriles is 1. The molecule has 1 saturated carbocycles. The number of hydrogen-bond donors (Lipinski definition) is 0. The third kappa shape index (κ3) is 3.68. The third-order valence-corrected chi connectivity index (χ3v) is 5.76. The van der Waals surface area contributed by atoms with Crippen molar-refractivity contribution in [3.63, 3.8) is 0 Å². The molecule has 1 aromatic carbocycles. The predicted octanol–water partition coefficient (Wildman–Crippen LogP) is 3.97. The van der Waals surface area contributed by atoms with E-state index < -0.39 is 11.8 Å². The number of aromatic nitrogens is 2. The lowest BCUT2D eigenvalue weighted by Gasteiger charge is -2.38. The molecule has 1 saturated heterocycles. The van der Waals surface area contributed by atoms with Crippen LogP contribution >= 0.6 is 0 Å². The maximum absolute atomic E-state index is 13.1. The normalized spacial score (nSPS) is 26.1. The molecule has 0 bridgehead atoms. The first-order chi connectivity index (χ1) is 13.4. The SMILES string of the molecule is C[C@H]1C[C@@H](CC(=O)CC2CC2(F)F)CN(c2ccc(C#N)c3nccnc23)C1. The van der Waals surface area contributed by atoms with Gasteiger partial charge >= 0.3 is 0 Å². The molecule has 1 aromatic heterocycles. The third-order valence-electron chi connectivity index (χ3n) is 5.76. The number of carbonyl (C=O) groups is 1. The van der Waals surface area contributed by atoms with Gasteiger partial charge in [0.15, 0.2) is 0 Å². The Hall–Kier alpha value is -2.62. The number of rotatable bonds is 5. The molecule has 0 N–H and O–H groups in total. The molecule has 2 heterocycles. The van der Waals surface area contributed by atoms with Crippen molar-refractivity contribution in [1.29, 1.82) is 5.26 Å². The first kappa shape index (κ1) is 18.7. The van der Waals surface area contributed by atoms with Crippen molar-refractivity contribution >= 4 is 22.5 Å². The minimum absolute atomic E-state index is 0.0108. The summed E-state index contributed by atoms with van der Waals surface area (Å²) < 4.78 is 26.2. The van der Waals surface area contributed by atoms with E-state index in [1.165, 1.54) is 0 Å². The molecule has 1 unspecified atom stereocenters. The predicted molar refractivity (Wildman–Crippen MR) is 101 cm³/mol. The van der Waals surface area contributed by atoms with Crippen LogP contribution in [0.1, 0.15) is 38.2 Å². The average molecular weight is 384 g/mol. The van der Waals surface area contributed by atoms with Gasteiger partial charge in [-0.05, 0) is 30.4 Å². The van der Waals surface area contributed by atoms with Crippen LogP contribution in [0.4, 0.5) is 14.5 Å². The molecular weight excluding hydrogens is 362 g/mol. The summed E-state index contributed by atoms with van der Waals surface area (Å²) >= 11 is 0. The molecule has 1 aliphatic carbocycles. The second-order valence-corrected chi connectivity index (χ2v) is 8.22. The van der Waals surface area contributed by atoms with E-state index in [0.29, 0.717) is 35.5 Å². The van der Waals surface area contributed by atoms with Gasteiger partial charge < -0.3 is 4.90 Å². The Morgan fingerprint density at radius 1 is 1.25 bits per heavy atom. The van der Waals surface area contributed by atoms with Gasteiger partial charge in [-0.2, -0.15) is 5.26 Å². The van der Waals surface area contributed by atoms with Gasteiger partial charge in [0.1, 0.15) is 22.9 Å². The number of fused-ring (bicyclic) bond motifs is 1. The summed E-state index contributed by atoms with van der Waals surface area (Å²) in [6.45, 7) is 3.63. The molecule has 28 heavy (non-hydrogen) atoms. The molecule has 2 aromatic rings. The van der Waals surface area contributed by atoms with Crippen molar-refractivity contribution in [3.05, 3.63) is 30.1 Å². The standard InChI is InChI=1S/C21H22F2N4O/c1-13-6-14(7-17(28)8-16-9-21(16,22)23)12-27(11-13)18-3-2-15(10-24)19-20(18)26-5-4-25-19/h2-5,13-14,16H,6-9,11-12H2,1H3/t13-,14-,16?/m0/s1. The van der Waals surface area contributed by atoms with Crippen molar-refractivity contribution in [3.8, 4) is 6.07 Å². The first-order valence-corrected chi connectivity index (χ1v) is 9.65. The van der Waals surface area contributed by atoms with Gasteiger partial charge in [0.25, 0.3) is 5.92 Å². The Morgan fingerprint density at radius 2 is 1.96 bits per heavy atom. The Kier molecular flexibility index (Phi) is 4.74. The second kappa shape index (κ2) is 7.08. The summed E-state index contributed by atoms with van der Waals surface area (Å²) in [5.74, 6) is -2.95. The molecule has 1 aliphatic heterocycles. The lowest BCUT2D eigenvalue weighted by Crippen LogP contribution is -2.40. The summed E-state index contributed by atoms with van der Waals surface area (Å²) in [5, 5.41) is 9.31. The van der Waals surface area contributed by atoms with E-state index in [0.717, 1.165) is 18.7 Å². The zero-order valence-electron chi connectivity index (χ0n) is 15.7. The number of nitrogens with zero attached hydrogens (tertiary/aromatic N) is 4. The molecule has 146 valence electrons. The van der Waals surface area contributed by atoms with Crippen molar-refractivity contribution in [2.45, 2.75) is 38.5 Å². The molecule has 4 rings (SSSR count). The van der Waals surface area contributed by atoms with Crippen LogP contribution in [0.5, 0.6) is 0 Å². The monoisotopic (exact) mass is 384 g/mol. The van der Waals surface area contributed by atoms with Crippen molar-refractivity contribution in [2.75, 3.05) is 18.0 Å². The smallest absolute Gasteiger partial charge is 0.252 e. The van der Waals surface area contributed by atoms with Crippen LogP contribution in [-0.2, 0) is 4.79 Å². The minimum Gasteiger partial charge on any atom is -0.369 e. The summed E-state index contributed by atoms with van der Waals surface area (Å²) in [5.41, 5.74) is 2.64. The molecule has 0 amide bonds. The average Bonchev–Trinajstić information content (AvgIpc) is 3.25. The summed E-state index contributed by atoms with van der Waals surface area (Å²) in [6, 6.07) is 5.78. The summed E-state index contributed by atoms with van der Waals surface area (Å²) in [4.78, 5) is 23.2. The van der Waals surface area contributed by atoms with Gasteiger partial charge in [-0.15, -0.1) is 0 Å². The highest BCUT2D eigenvalue weighted by Crippen LogP contribution is 2.51. The van der Waals surface area contributed by atoms with Crippen LogP contribution in [0.15, 0.2) is 24.5 Å². The Labute approximate surface area is 162 Å². The maximum atomic E-state index is 13.1. The number of carbonyl (C=O) groups excluding carboxylic acids is 1. The molecule has 2 aliphatic rings. The first-order valence-electron chi connectivity index (χ1n) is 9.65. The Balaban J connectivity index is 1.52. The fourth-order valence-electron chi connectivity index (χ4n) is 4.38. The quantitative estimate of drug-likeness (QED) is 0.780. The van der Waals surface area contributed by atoms with Gasteiger partial charge in [0.05, 0.1) is 11.3 Å². The summed E-state index contributed by atoms with van der Waals surface area (Å²) in [7, 11) is 0. The molecule has 0 spiro atoms. The van der Waals surface area contributed by atoms with E-state index in [9.17, 15) is 18.8 Å². The number of halogens is 2. The number of benzene rings is 1. The van der Waals surface area contributed by atoms with Gasteiger partial charge in [-0.25, -0.2) is 8.78 Å². The van der Waals surface area contributed by atoms with Crippen LogP contribution in [0.2, 0.25) is 0 Å². The summed E-state index contributed by atoms with van der Waals surface area (Å²) in [6.07, 6.45) is 4.26. The zero-order valence-corrected chi connectivity index (χ0v) is 15.7. The van der Waals surface area contributed by atoms with Crippen LogP contribution < -0.4 is 4.90 Å². The van der Waals surface area contributed by atoms with Gasteiger partial charge in [-0.3, -0.25) is 14.8 Å². The number of anilines is 1. The van der Waals surface area contributed by atoms with Crippen LogP contribution in [-0.4, -0.2) is 34.8 Å². The van der Waals surface area contributed by atoms with Crippen molar-refractivity contribution in [2.24, 2.45) is 17.8 Å². The lowest BCUT2D eigenvalue weighted by atomic mass is 9.86. The van der Waals surface area contributed by atoms with Crippen molar-refractivity contribution in [1.82, 2.24) is 9.97 Å². The number of Topliss-reactive ketones (excluding diaryl/α,β-unsaturated/α-hetero) is 1. The molecule has 5 nitrogen and oxygen atoms in total. The number of piperidine rings is 1. The van der Waals surface area contributed by atoms with Crippen LogP contribution in [0.3, 0.4) is 0 Å². The van der Waals surface area contributed by atoms with Gasteiger partial charge in [0, 0.05) is 50.7 Å². The number of hydrogen-bond acceptors (Lipinski definition) is 5. The van der Waals surface area contributed by atoms with E-state index in [-0.39, 0.29) is 24.5 Å². The second-order valence-electron chi connectivity index (χ2n) is 8.22. The topological polar surface area (TPSA) is 69.9 Å². The molecule has 2 fully saturated rings. The highest BCUT2D eigenvalue weighted by molar-refractivity contribution is 5.92. The van der Waals surface area contributed by atoms with E-state index in [2.05, 4.69) is 27.9 Å². The lowest BCUT2D eigenvalue weighted by molar-refractivity contribution is -0.121. The van der Waals surface area contributed by atoms with Crippen LogP contribution in [0.25, 0.3) is 11.0 Å². The Morgan fingerprint density at radius 3 is 2.64 bits per heavy atom. The highest BCUT2D eigenvalue weighted by Gasteiger charge is 2.57. The highest BCUT2D eigenvalue weighted by atomic mass is 19.3. The maximum Gasteiger partial charge on any atom is 0.252 e. The van der Waals surface area contributed by atoms with E-state index in [4.69, 9.17) is 0 Å². The van der Waals surface area contributed by atoms with E-state index in [1.54, 1.807) is 18.5 Å². The fourth-order valence-corrected chi connectivity index (χ4v) is 4.38.